The standard InChI is InChI=1S/C20H26N6O/c21-19(25-11-13-26(14-12-25)20-22-9-4-10-23-20)24-15-17-7-8-18(27-17)16-5-2-1-3-6-16/h1-6,9-10,17-18H,7-8,11-15H2,(H2,21,24)/t17-,18+/m1/s1. The molecular weight excluding hydrogens is 340 g/mol. The van der Waals surface area contributed by atoms with E-state index in [1.165, 1.54) is 5.56 Å². The monoisotopic (exact) mass is 366 g/mol. The summed E-state index contributed by atoms with van der Waals surface area (Å²) in [5.41, 5.74) is 7.47. The molecule has 0 unspecified atom stereocenters. The molecule has 27 heavy (non-hydrogen) atoms. The van der Waals surface area contributed by atoms with Gasteiger partial charge in [-0.25, -0.2) is 9.97 Å². The highest BCUT2D eigenvalue weighted by Gasteiger charge is 2.26. The number of rotatable bonds is 4. The number of guanidine groups is 1. The van der Waals surface area contributed by atoms with Crippen molar-refractivity contribution >= 4 is 11.9 Å². The van der Waals surface area contributed by atoms with E-state index in [4.69, 9.17) is 10.5 Å². The maximum absolute atomic E-state index is 6.23. The van der Waals surface area contributed by atoms with Gasteiger partial charge in [0.05, 0.1) is 18.8 Å². The fourth-order valence-electron chi connectivity index (χ4n) is 3.64. The Bertz CT molecular complexity index is 746. The summed E-state index contributed by atoms with van der Waals surface area (Å²) in [6.07, 6.45) is 5.94. The SMILES string of the molecule is NC(=NC[C@H]1CC[C@@H](c2ccccc2)O1)N1CCN(c2ncccn2)CC1. The third-order valence-corrected chi connectivity index (χ3v) is 5.17. The molecule has 0 saturated carbocycles. The van der Waals surface area contributed by atoms with Crippen molar-refractivity contribution in [1.29, 1.82) is 0 Å². The zero-order valence-corrected chi connectivity index (χ0v) is 15.4. The highest BCUT2D eigenvalue weighted by atomic mass is 16.5. The van der Waals surface area contributed by atoms with Gasteiger partial charge in [-0.1, -0.05) is 30.3 Å². The van der Waals surface area contributed by atoms with E-state index in [1.807, 2.05) is 12.1 Å². The van der Waals surface area contributed by atoms with Gasteiger partial charge in [0.2, 0.25) is 5.95 Å². The van der Waals surface area contributed by atoms with Gasteiger partial charge in [-0.05, 0) is 24.5 Å². The molecule has 3 heterocycles. The molecule has 0 amide bonds. The number of piperazine rings is 1. The van der Waals surface area contributed by atoms with Crippen molar-refractivity contribution < 1.29 is 4.74 Å². The minimum Gasteiger partial charge on any atom is -0.370 e. The molecule has 2 aromatic rings. The molecule has 1 aromatic heterocycles. The Morgan fingerprint density at radius 2 is 1.78 bits per heavy atom. The van der Waals surface area contributed by atoms with Crippen LogP contribution in [-0.2, 0) is 4.74 Å². The molecule has 1 aromatic carbocycles. The first kappa shape index (κ1) is 17.7. The first-order chi connectivity index (χ1) is 13.3. The number of nitrogens with two attached hydrogens (primary N) is 1. The molecule has 0 bridgehead atoms. The number of aromatic nitrogens is 2. The predicted molar refractivity (Wildman–Crippen MR) is 106 cm³/mol. The lowest BCUT2D eigenvalue weighted by molar-refractivity contribution is 0.0499. The summed E-state index contributed by atoms with van der Waals surface area (Å²) >= 11 is 0. The molecule has 7 nitrogen and oxygen atoms in total. The summed E-state index contributed by atoms with van der Waals surface area (Å²) in [6, 6.07) is 12.2. The average molecular weight is 366 g/mol. The van der Waals surface area contributed by atoms with E-state index in [0.717, 1.165) is 45.0 Å². The summed E-state index contributed by atoms with van der Waals surface area (Å²) in [7, 11) is 0. The molecule has 2 aliphatic heterocycles. The van der Waals surface area contributed by atoms with Crippen LogP contribution in [0.2, 0.25) is 0 Å². The van der Waals surface area contributed by atoms with Gasteiger partial charge < -0.3 is 20.3 Å². The van der Waals surface area contributed by atoms with Crippen molar-refractivity contribution in [2.75, 3.05) is 37.6 Å². The number of anilines is 1. The lowest BCUT2D eigenvalue weighted by atomic mass is 10.1. The minimum absolute atomic E-state index is 0.146. The molecule has 7 heteroatoms. The van der Waals surface area contributed by atoms with Gasteiger partial charge >= 0.3 is 0 Å². The van der Waals surface area contributed by atoms with Crippen LogP contribution in [0.4, 0.5) is 5.95 Å². The molecule has 2 fully saturated rings. The van der Waals surface area contributed by atoms with Crippen molar-refractivity contribution in [3.63, 3.8) is 0 Å². The summed E-state index contributed by atoms with van der Waals surface area (Å²) in [5.74, 6) is 1.38. The molecule has 2 saturated heterocycles. The lowest BCUT2D eigenvalue weighted by Gasteiger charge is -2.35. The molecule has 2 aliphatic rings. The first-order valence-corrected chi connectivity index (χ1v) is 9.57. The fraction of sp³-hybridized carbons (Fsp3) is 0.450. The van der Waals surface area contributed by atoms with E-state index in [1.54, 1.807) is 12.4 Å². The number of hydrogen-bond donors (Lipinski definition) is 1. The topological polar surface area (TPSA) is 79.9 Å². The van der Waals surface area contributed by atoms with Crippen LogP contribution in [0, 0.1) is 0 Å². The van der Waals surface area contributed by atoms with Crippen molar-refractivity contribution in [3.05, 3.63) is 54.4 Å². The van der Waals surface area contributed by atoms with Gasteiger partial charge in [0, 0.05) is 38.6 Å². The van der Waals surface area contributed by atoms with Crippen molar-refractivity contribution in [2.45, 2.75) is 25.0 Å². The van der Waals surface area contributed by atoms with E-state index in [9.17, 15) is 0 Å². The van der Waals surface area contributed by atoms with Gasteiger partial charge in [-0.3, -0.25) is 4.99 Å². The Morgan fingerprint density at radius 1 is 1.04 bits per heavy atom. The van der Waals surface area contributed by atoms with Crippen molar-refractivity contribution in [1.82, 2.24) is 14.9 Å². The molecule has 142 valence electrons. The molecule has 4 rings (SSSR count). The van der Waals surface area contributed by atoms with Crippen LogP contribution in [0.15, 0.2) is 53.8 Å². The average Bonchev–Trinajstić information content (AvgIpc) is 3.22. The number of nitrogens with zero attached hydrogens (tertiary/aromatic N) is 5. The number of hydrogen-bond acceptors (Lipinski definition) is 5. The van der Waals surface area contributed by atoms with Crippen molar-refractivity contribution in [3.8, 4) is 0 Å². The van der Waals surface area contributed by atoms with Gasteiger partial charge in [0.1, 0.15) is 0 Å². The van der Waals surface area contributed by atoms with Gasteiger partial charge in [0.15, 0.2) is 5.96 Å². The van der Waals surface area contributed by atoms with Crippen LogP contribution in [0.5, 0.6) is 0 Å². The van der Waals surface area contributed by atoms with Crippen molar-refractivity contribution in [2.24, 2.45) is 10.7 Å². The van der Waals surface area contributed by atoms with Crippen LogP contribution in [0.3, 0.4) is 0 Å². The summed E-state index contributed by atoms with van der Waals surface area (Å²) in [6.45, 7) is 3.96. The quantitative estimate of drug-likeness (QED) is 0.657. The highest BCUT2D eigenvalue weighted by molar-refractivity contribution is 5.78. The number of ether oxygens (including phenoxy) is 1. The van der Waals surface area contributed by atoms with Gasteiger partial charge in [-0.2, -0.15) is 0 Å². The minimum atomic E-state index is 0.146. The summed E-state index contributed by atoms with van der Waals surface area (Å²) in [4.78, 5) is 17.5. The van der Waals surface area contributed by atoms with Crippen LogP contribution < -0.4 is 10.6 Å². The highest BCUT2D eigenvalue weighted by Crippen LogP contribution is 2.32. The van der Waals surface area contributed by atoms with Crippen LogP contribution in [0.1, 0.15) is 24.5 Å². The summed E-state index contributed by atoms with van der Waals surface area (Å²) in [5, 5.41) is 0. The Kier molecular flexibility index (Phi) is 5.48. The maximum atomic E-state index is 6.23. The largest absolute Gasteiger partial charge is 0.370 e. The third-order valence-electron chi connectivity index (χ3n) is 5.17. The van der Waals surface area contributed by atoms with E-state index in [0.29, 0.717) is 12.5 Å². The lowest BCUT2D eigenvalue weighted by Crippen LogP contribution is -2.51. The molecular formula is C20H26N6O. The second-order valence-electron chi connectivity index (χ2n) is 6.96. The van der Waals surface area contributed by atoms with Gasteiger partial charge in [-0.15, -0.1) is 0 Å². The normalized spacial score (nSPS) is 23.6. The summed E-state index contributed by atoms with van der Waals surface area (Å²) < 4.78 is 6.15. The van der Waals surface area contributed by atoms with E-state index in [2.05, 4.69) is 49.0 Å². The Morgan fingerprint density at radius 3 is 2.52 bits per heavy atom. The smallest absolute Gasteiger partial charge is 0.225 e. The van der Waals surface area contributed by atoms with Crippen LogP contribution in [-0.4, -0.2) is 59.7 Å². The Balaban J connectivity index is 1.26. The van der Waals surface area contributed by atoms with Gasteiger partial charge in [0.25, 0.3) is 0 Å². The molecule has 2 N–H and O–H groups in total. The molecule has 0 aliphatic carbocycles. The van der Waals surface area contributed by atoms with Crippen LogP contribution >= 0.6 is 0 Å². The third kappa shape index (κ3) is 4.36. The van der Waals surface area contributed by atoms with E-state index >= 15 is 0 Å². The van der Waals surface area contributed by atoms with E-state index in [-0.39, 0.29) is 12.2 Å². The fourth-order valence-corrected chi connectivity index (χ4v) is 3.64. The maximum Gasteiger partial charge on any atom is 0.225 e. The van der Waals surface area contributed by atoms with E-state index < -0.39 is 0 Å². The Labute approximate surface area is 159 Å². The zero-order chi connectivity index (χ0) is 18.5. The second-order valence-corrected chi connectivity index (χ2v) is 6.96. The first-order valence-electron chi connectivity index (χ1n) is 9.57. The molecule has 0 radical (unpaired) electrons. The molecule has 2 atom stereocenters. The predicted octanol–water partition coefficient (Wildman–Crippen LogP) is 1.83. The molecule has 0 spiro atoms. The number of aliphatic imine (C=N–C) groups is 1. The Hall–Kier alpha value is -2.67. The number of benzene rings is 1. The zero-order valence-electron chi connectivity index (χ0n) is 15.4. The second kappa shape index (κ2) is 8.35. The van der Waals surface area contributed by atoms with Crippen LogP contribution in [0.25, 0.3) is 0 Å².